The van der Waals surface area contributed by atoms with Crippen LogP contribution in [-0.4, -0.2) is 9.13 Å². The normalized spacial score (nSPS) is 11.3. The monoisotopic (exact) mass is 610 g/mol. The molecule has 0 atom stereocenters. The van der Waals surface area contributed by atoms with Crippen LogP contribution >= 0.6 is 0 Å². The Balaban J connectivity index is 1.30. The fraction of sp³-hybridized carbons (Fsp3) is 0. The molecule has 9 rings (SSSR count). The summed E-state index contributed by atoms with van der Waals surface area (Å²) in [5.41, 5.74) is 11.6. The summed E-state index contributed by atoms with van der Waals surface area (Å²) in [4.78, 5) is 0. The molecule has 0 saturated heterocycles. The molecule has 0 aliphatic heterocycles. The van der Waals surface area contributed by atoms with Gasteiger partial charge in [0.1, 0.15) is 12.1 Å². The van der Waals surface area contributed by atoms with E-state index in [1.807, 2.05) is 12.1 Å². The van der Waals surface area contributed by atoms with E-state index >= 15 is 0 Å². The Kier molecular flexibility index (Phi) is 6.22. The van der Waals surface area contributed by atoms with Crippen LogP contribution in [0.25, 0.3) is 77.2 Å². The minimum atomic E-state index is 0.377. The molecule has 0 bridgehead atoms. The summed E-state index contributed by atoms with van der Waals surface area (Å²) in [7, 11) is 0. The topological polar surface area (TPSA) is 57.4 Å². The summed E-state index contributed by atoms with van der Waals surface area (Å²) in [6.07, 6.45) is 0. The van der Waals surface area contributed by atoms with Gasteiger partial charge >= 0.3 is 0 Å². The molecule has 0 fully saturated rings. The molecule has 0 saturated carbocycles. The minimum absolute atomic E-state index is 0.377. The molecule has 0 aliphatic rings. The number of hydrogen-bond donors (Lipinski definition) is 0. The quantitative estimate of drug-likeness (QED) is 0.199. The van der Waals surface area contributed by atoms with Crippen molar-refractivity contribution in [1.82, 2.24) is 9.13 Å². The zero-order chi connectivity index (χ0) is 32.2. The van der Waals surface area contributed by atoms with Gasteiger partial charge in [0.05, 0.1) is 38.9 Å². The van der Waals surface area contributed by atoms with Crippen LogP contribution in [-0.2, 0) is 0 Å². The van der Waals surface area contributed by atoms with Crippen molar-refractivity contribution in [2.24, 2.45) is 0 Å². The van der Waals surface area contributed by atoms with E-state index in [2.05, 4.69) is 155 Å². The highest BCUT2D eigenvalue weighted by molar-refractivity contribution is 6.12. The molecule has 0 N–H and O–H groups in total. The summed E-state index contributed by atoms with van der Waals surface area (Å²) in [5, 5.41) is 24.0. The maximum absolute atomic E-state index is 9.70. The zero-order valence-electron chi connectivity index (χ0n) is 25.8. The molecule has 222 valence electrons. The van der Waals surface area contributed by atoms with Crippen LogP contribution in [0.4, 0.5) is 0 Å². The van der Waals surface area contributed by atoms with Crippen molar-refractivity contribution in [3.63, 3.8) is 0 Å². The third kappa shape index (κ3) is 4.14. The van der Waals surface area contributed by atoms with Crippen molar-refractivity contribution < 1.29 is 0 Å². The molecule has 9 aromatic rings. The summed E-state index contributed by atoms with van der Waals surface area (Å²) in [5.74, 6) is 0. The van der Waals surface area contributed by atoms with E-state index in [1.54, 1.807) is 12.1 Å². The van der Waals surface area contributed by atoms with Crippen molar-refractivity contribution in [1.29, 1.82) is 10.5 Å². The third-order valence-corrected chi connectivity index (χ3v) is 9.41. The van der Waals surface area contributed by atoms with E-state index in [4.69, 9.17) is 0 Å². The second-order valence-electron chi connectivity index (χ2n) is 12.0. The molecule has 4 heteroatoms. The number of nitriles is 2. The Morgan fingerprint density at radius 3 is 1.58 bits per heavy atom. The molecule has 48 heavy (non-hydrogen) atoms. The number of fused-ring (bicyclic) bond motifs is 6. The Bertz CT molecular complexity index is 2750. The Morgan fingerprint density at radius 2 is 0.917 bits per heavy atom. The van der Waals surface area contributed by atoms with Crippen LogP contribution in [0.3, 0.4) is 0 Å². The molecule has 0 amide bonds. The predicted octanol–water partition coefficient (Wildman–Crippen LogP) is 11.0. The first-order chi connectivity index (χ1) is 23.7. The van der Waals surface area contributed by atoms with Gasteiger partial charge in [0.15, 0.2) is 0 Å². The molecule has 0 spiro atoms. The van der Waals surface area contributed by atoms with Crippen LogP contribution in [0.1, 0.15) is 11.1 Å². The van der Waals surface area contributed by atoms with Crippen LogP contribution in [0, 0.1) is 22.7 Å². The maximum atomic E-state index is 9.70. The van der Waals surface area contributed by atoms with Crippen molar-refractivity contribution in [2.75, 3.05) is 0 Å². The maximum Gasteiger partial charge on any atom is 0.101 e. The number of rotatable bonds is 4. The Labute approximate surface area is 277 Å². The smallest absolute Gasteiger partial charge is 0.101 e. The molecular formula is C44H26N4. The first-order valence-corrected chi connectivity index (χ1v) is 15.9. The molecule has 0 unspecified atom stereocenters. The number of nitrogens with zero attached hydrogens (tertiary/aromatic N) is 4. The molecule has 0 radical (unpaired) electrons. The van der Waals surface area contributed by atoms with Gasteiger partial charge in [-0.3, -0.25) is 0 Å². The van der Waals surface area contributed by atoms with E-state index in [-0.39, 0.29) is 0 Å². The van der Waals surface area contributed by atoms with Gasteiger partial charge in [0.25, 0.3) is 0 Å². The zero-order valence-corrected chi connectivity index (χ0v) is 25.8. The summed E-state index contributed by atoms with van der Waals surface area (Å²) in [6, 6.07) is 59.3. The Hall–Kier alpha value is -6.88. The average Bonchev–Trinajstić information content (AvgIpc) is 3.67. The average molecular weight is 611 g/mol. The lowest BCUT2D eigenvalue weighted by Gasteiger charge is -2.16. The van der Waals surface area contributed by atoms with Gasteiger partial charge in [-0.1, -0.05) is 97.1 Å². The highest BCUT2D eigenvalue weighted by atomic mass is 15.0. The van der Waals surface area contributed by atoms with E-state index in [0.717, 1.165) is 44.7 Å². The SMILES string of the molecule is N#Cc1ccc(-c2ccc(-n3c4ccccc4c4cc(-n5c6ccccc6c6ccccc65)ccc43)c(-c3ccccc3)c2)cc1C#N. The number of hydrogen-bond acceptors (Lipinski definition) is 2. The molecule has 2 aromatic heterocycles. The minimum Gasteiger partial charge on any atom is -0.309 e. The van der Waals surface area contributed by atoms with E-state index in [9.17, 15) is 10.5 Å². The molecule has 7 aromatic carbocycles. The van der Waals surface area contributed by atoms with Gasteiger partial charge in [-0.25, -0.2) is 0 Å². The van der Waals surface area contributed by atoms with Gasteiger partial charge in [0, 0.05) is 32.8 Å². The third-order valence-electron chi connectivity index (χ3n) is 9.41. The summed E-state index contributed by atoms with van der Waals surface area (Å²) >= 11 is 0. The highest BCUT2D eigenvalue weighted by Crippen LogP contribution is 2.40. The number of para-hydroxylation sites is 3. The second kappa shape index (κ2) is 10.9. The van der Waals surface area contributed by atoms with Gasteiger partial charge in [-0.2, -0.15) is 10.5 Å². The number of benzene rings is 7. The van der Waals surface area contributed by atoms with Crippen LogP contribution < -0.4 is 0 Å². The summed E-state index contributed by atoms with van der Waals surface area (Å²) < 4.78 is 4.74. The van der Waals surface area contributed by atoms with Crippen molar-refractivity contribution in [2.45, 2.75) is 0 Å². The van der Waals surface area contributed by atoms with Gasteiger partial charge < -0.3 is 9.13 Å². The van der Waals surface area contributed by atoms with Crippen LogP contribution in [0.2, 0.25) is 0 Å². The van der Waals surface area contributed by atoms with Crippen LogP contribution in [0.5, 0.6) is 0 Å². The molecule has 4 nitrogen and oxygen atoms in total. The van der Waals surface area contributed by atoms with Gasteiger partial charge in [-0.05, 0) is 77.4 Å². The molecule has 2 heterocycles. The first kappa shape index (κ1) is 27.4. The van der Waals surface area contributed by atoms with E-state index < -0.39 is 0 Å². The number of aromatic nitrogens is 2. The lowest BCUT2D eigenvalue weighted by molar-refractivity contribution is 1.17. The fourth-order valence-corrected chi connectivity index (χ4v) is 7.23. The van der Waals surface area contributed by atoms with Crippen LogP contribution in [0.15, 0.2) is 158 Å². The van der Waals surface area contributed by atoms with E-state index in [1.165, 1.54) is 32.6 Å². The van der Waals surface area contributed by atoms with E-state index in [0.29, 0.717) is 11.1 Å². The lowest BCUT2D eigenvalue weighted by Crippen LogP contribution is -1.99. The molecule has 0 aliphatic carbocycles. The standard InChI is InChI=1S/C44H26N4/c45-27-32-19-18-30(24-33(32)28-46)31-20-22-43(38(25-31)29-10-2-1-3-11-29)48-42-17-9-6-14-37(42)39-26-34(21-23-44(39)48)47-40-15-7-4-12-35(40)36-13-5-8-16-41(36)47/h1-26H. The lowest BCUT2D eigenvalue weighted by atomic mass is 9.95. The fourth-order valence-electron chi connectivity index (χ4n) is 7.23. The van der Waals surface area contributed by atoms with Crippen molar-refractivity contribution in [3.8, 4) is 45.8 Å². The Morgan fingerprint density at radius 1 is 0.375 bits per heavy atom. The van der Waals surface area contributed by atoms with Gasteiger partial charge in [-0.15, -0.1) is 0 Å². The summed E-state index contributed by atoms with van der Waals surface area (Å²) in [6.45, 7) is 0. The van der Waals surface area contributed by atoms with Crippen molar-refractivity contribution >= 4 is 43.6 Å². The first-order valence-electron chi connectivity index (χ1n) is 15.9. The molecular weight excluding hydrogens is 585 g/mol. The van der Waals surface area contributed by atoms with Crippen molar-refractivity contribution in [3.05, 3.63) is 169 Å². The van der Waals surface area contributed by atoms with Gasteiger partial charge in [0.2, 0.25) is 0 Å². The second-order valence-corrected chi connectivity index (χ2v) is 12.0. The largest absolute Gasteiger partial charge is 0.309 e. The highest BCUT2D eigenvalue weighted by Gasteiger charge is 2.19. The predicted molar refractivity (Wildman–Crippen MR) is 195 cm³/mol.